The van der Waals surface area contributed by atoms with Gasteiger partial charge in [-0.2, -0.15) is 0 Å². The van der Waals surface area contributed by atoms with Gasteiger partial charge in [-0.15, -0.1) is 11.3 Å². The molecule has 0 unspecified atom stereocenters. The normalized spacial score (nSPS) is 20.6. The number of hydrogen-bond acceptors (Lipinski definition) is 1. The van der Waals surface area contributed by atoms with E-state index in [9.17, 15) is 0 Å². The van der Waals surface area contributed by atoms with Gasteiger partial charge in [-0.05, 0) is 56.7 Å². The van der Waals surface area contributed by atoms with Crippen LogP contribution in [0.4, 0.5) is 0 Å². The average molecular weight is 220 g/mol. The first-order chi connectivity index (χ1) is 7.16. The number of thiophene rings is 1. The Morgan fingerprint density at radius 3 is 2.93 bits per heavy atom. The predicted octanol–water partition coefficient (Wildman–Crippen LogP) is 5.00. The van der Waals surface area contributed by atoms with Crippen LogP contribution in [0.1, 0.15) is 61.3 Å². The molecule has 0 aromatic carbocycles. The highest BCUT2D eigenvalue weighted by atomic mass is 32.1. The number of aryl methyl sites for hydroxylation is 1. The van der Waals surface area contributed by atoms with Gasteiger partial charge in [0.05, 0.1) is 0 Å². The topological polar surface area (TPSA) is 0 Å². The van der Waals surface area contributed by atoms with E-state index in [2.05, 4.69) is 32.9 Å². The van der Waals surface area contributed by atoms with Crippen LogP contribution in [0.2, 0.25) is 0 Å². The molecule has 0 aliphatic heterocycles. The van der Waals surface area contributed by atoms with Crippen LogP contribution in [0.15, 0.2) is 11.6 Å². The highest BCUT2D eigenvalue weighted by molar-refractivity contribution is 7.13. The molecule has 0 fully saturated rings. The van der Waals surface area contributed by atoms with Crippen molar-refractivity contribution in [2.24, 2.45) is 0 Å². The van der Waals surface area contributed by atoms with Gasteiger partial charge >= 0.3 is 0 Å². The molecule has 1 aliphatic carbocycles. The molecular weight excluding hydrogens is 200 g/mol. The standard InChI is InChI=1S/C14H20S/c1-10(2)8-12-9-13-11(3)6-4-5-7-14(13)15-12/h8-9,11H,4-7H2,1-3H3/t11-/m0/s1. The van der Waals surface area contributed by atoms with Crippen LogP contribution >= 0.6 is 11.3 Å². The average Bonchev–Trinajstić information content (AvgIpc) is 2.47. The lowest BCUT2D eigenvalue weighted by Crippen LogP contribution is -1.90. The lowest BCUT2D eigenvalue weighted by Gasteiger charge is -2.06. The molecule has 1 aromatic heterocycles. The van der Waals surface area contributed by atoms with Crippen molar-refractivity contribution < 1.29 is 0 Å². The van der Waals surface area contributed by atoms with E-state index in [1.54, 1.807) is 10.4 Å². The fraction of sp³-hybridized carbons (Fsp3) is 0.571. The van der Waals surface area contributed by atoms with Gasteiger partial charge in [0.25, 0.3) is 0 Å². The summed E-state index contributed by atoms with van der Waals surface area (Å²) >= 11 is 2.00. The third kappa shape index (κ3) is 2.52. The Kier molecular flexibility index (Phi) is 3.30. The molecular formula is C14H20S. The van der Waals surface area contributed by atoms with Crippen LogP contribution in [0, 0.1) is 0 Å². The van der Waals surface area contributed by atoms with E-state index < -0.39 is 0 Å². The molecule has 82 valence electrons. The molecule has 1 atom stereocenters. The van der Waals surface area contributed by atoms with E-state index in [0.717, 1.165) is 5.92 Å². The van der Waals surface area contributed by atoms with Crippen LogP contribution in [0.5, 0.6) is 0 Å². The second-order valence-electron chi connectivity index (χ2n) is 4.90. The van der Waals surface area contributed by atoms with E-state index in [1.807, 2.05) is 11.3 Å². The van der Waals surface area contributed by atoms with Crippen molar-refractivity contribution in [1.82, 2.24) is 0 Å². The van der Waals surface area contributed by atoms with Gasteiger partial charge in [-0.3, -0.25) is 0 Å². The molecule has 1 heteroatoms. The summed E-state index contributed by atoms with van der Waals surface area (Å²) in [6.07, 6.45) is 7.78. The van der Waals surface area contributed by atoms with Crippen LogP contribution in [-0.2, 0) is 6.42 Å². The molecule has 2 rings (SSSR count). The monoisotopic (exact) mass is 220 g/mol. The van der Waals surface area contributed by atoms with E-state index in [0.29, 0.717) is 0 Å². The summed E-state index contributed by atoms with van der Waals surface area (Å²) < 4.78 is 0. The molecule has 0 nitrogen and oxygen atoms in total. The lowest BCUT2D eigenvalue weighted by molar-refractivity contribution is 0.635. The Hall–Kier alpha value is -0.560. The van der Waals surface area contributed by atoms with Crippen LogP contribution in [0.25, 0.3) is 6.08 Å². The third-order valence-corrected chi connectivity index (χ3v) is 4.27. The van der Waals surface area contributed by atoms with E-state index >= 15 is 0 Å². The summed E-state index contributed by atoms with van der Waals surface area (Å²) in [6.45, 7) is 6.73. The van der Waals surface area contributed by atoms with Crippen LogP contribution in [0.3, 0.4) is 0 Å². The third-order valence-electron chi connectivity index (χ3n) is 3.11. The summed E-state index contributed by atoms with van der Waals surface area (Å²) in [5.74, 6) is 0.776. The van der Waals surface area contributed by atoms with Crippen molar-refractivity contribution in [2.75, 3.05) is 0 Å². The maximum Gasteiger partial charge on any atom is 0.0275 e. The van der Waals surface area contributed by atoms with Crippen molar-refractivity contribution in [3.05, 3.63) is 27.0 Å². The molecule has 0 amide bonds. The molecule has 15 heavy (non-hydrogen) atoms. The van der Waals surface area contributed by atoms with E-state index in [-0.39, 0.29) is 0 Å². The van der Waals surface area contributed by atoms with Crippen molar-refractivity contribution >= 4 is 17.4 Å². The molecule has 0 N–H and O–H groups in total. The fourth-order valence-corrected chi connectivity index (χ4v) is 3.71. The molecule has 0 bridgehead atoms. The second-order valence-corrected chi connectivity index (χ2v) is 6.06. The quantitative estimate of drug-likeness (QED) is 0.584. The summed E-state index contributed by atoms with van der Waals surface area (Å²) in [4.78, 5) is 3.10. The number of fused-ring (bicyclic) bond motifs is 1. The van der Waals surface area contributed by atoms with Gasteiger partial charge in [0.1, 0.15) is 0 Å². The Labute approximate surface area is 97.0 Å². The van der Waals surface area contributed by atoms with Gasteiger partial charge in [0.15, 0.2) is 0 Å². The molecule has 0 saturated carbocycles. The van der Waals surface area contributed by atoms with Gasteiger partial charge in [0.2, 0.25) is 0 Å². The van der Waals surface area contributed by atoms with Gasteiger partial charge in [-0.25, -0.2) is 0 Å². The minimum atomic E-state index is 0.776. The SMILES string of the molecule is CC(C)=Cc1cc2c(s1)CCCC[C@@H]2C. The molecule has 0 radical (unpaired) electrons. The Morgan fingerprint density at radius 1 is 1.40 bits per heavy atom. The van der Waals surface area contributed by atoms with E-state index in [4.69, 9.17) is 0 Å². The van der Waals surface area contributed by atoms with Crippen LogP contribution < -0.4 is 0 Å². The predicted molar refractivity (Wildman–Crippen MR) is 69.6 cm³/mol. The second kappa shape index (κ2) is 4.52. The first-order valence-electron chi connectivity index (χ1n) is 5.94. The molecule has 1 heterocycles. The Balaban J connectivity index is 2.33. The molecule has 1 aromatic rings. The zero-order valence-electron chi connectivity index (χ0n) is 9.97. The molecule has 0 saturated heterocycles. The first-order valence-corrected chi connectivity index (χ1v) is 6.76. The number of hydrogen-bond donors (Lipinski definition) is 0. The fourth-order valence-electron chi connectivity index (χ4n) is 2.32. The largest absolute Gasteiger partial charge is 0.141 e. The zero-order valence-corrected chi connectivity index (χ0v) is 10.8. The molecule has 1 aliphatic rings. The maximum absolute atomic E-state index is 2.42. The summed E-state index contributed by atoms with van der Waals surface area (Å²) in [6, 6.07) is 2.42. The zero-order chi connectivity index (χ0) is 10.8. The number of allylic oxidation sites excluding steroid dienone is 1. The molecule has 0 spiro atoms. The maximum atomic E-state index is 2.42. The highest BCUT2D eigenvalue weighted by Gasteiger charge is 2.17. The van der Waals surface area contributed by atoms with Gasteiger partial charge in [-0.1, -0.05) is 18.9 Å². The lowest BCUT2D eigenvalue weighted by atomic mass is 9.99. The minimum absolute atomic E-state index is 0.776. The minimum Gasteiger partial charge on any atom is -0.141 e. The van der Waals surface area contributed by atoms with Gasteiger partial charge in [0, 0.05) is 9.75 Å². The van der Waals surface area contributed by atoms with Crippen molar-refractivity contribution in [1.29, 1.82) is 0 Å². The summed E-state index contributed by atoms with van der Waals surface area (Å²) in [5, 5.41) is 0. The van der Waals surface area contributed by atoms with Crippen molar-refractivity contribution in [2.45, 2.75) is 52.4 Å². The smallest absolute Gasteiger partial charge is 0.0275 e. The van der Waals surface area contributed by atoms with Crippen molar-refractivity contribution in [3.8, 4) is 0 Å². The Bertz CT molecular complexity index is 367. The first kappa shape index (κ1) is 10.9. The highest BCUT2D eigenvalue weighted by Crippen LogP contribution is 2.36. The van der Waals surface area contributed by atoms with Crippen LogP contribution in [-0.4, -0.2) is 0 Å². The Morgan fingerprint density at radius 2 is 2.20 bits per heavy atom. The van der Waals surface area contributed by atoms with E-state index in [1.165, 1.54) is 36.1 Å². The summed E-state index contributed by atoms with van der Waals surface area (Å²) in [5.41, 5.74) is 3.03. The van der Waals surface area contributed by atoms with Crippen molar-refractivity contribution in [3.63, 3.8) is 0 Å². The number of rotatable bonds is 1. The summed E-state index contributed by atoms with van der Waals surface area (Å²) in [7, 11) is 0. The van der Waals surface area contributed by atoms with Gasteiger partial charge < -0.3 is 0 Å².